The Morgan fingerprint density at radius 3 is 2.73 bits per heavy atom. The molecule has 2 aliphatic heterocycles. The summed E-state index contributed by atoms with van der Waals surface area (Å²) in [7, 11) is 2.11. The molecule has 0 radical (unpaired) electrons. The molecule has 1 amide bonds. The molecule has 0 aromatic carbocycles. The van der Waals surface area contributed by atoms with Crippen molar-refractivity contribution >= 4 is 28.8 Å². The minimum absolute atomic E-state index is 0.104. The third kappa shape index (κ3) is 4.22. The summed E-state index contributed by atoms with van der Waals surface area (Å²) in [6.07, 6.45) is 0. The molecule has 4 nitrogen and oxygen atoms in total. The van der Waals surface area contributed by atoms with E-state index in [1.807, 2.05) is 16.8 Å². The fourth-order valence-electron chi connectivity index (χ4n) is 1.41. The van der Waals surface area contributed by atoms with E-state index in [0.29, 0.717) is 0 Å². The second-order valence-electron chi connectivity index (χ2n) is 3.96. The molecule has 0 spiro atoms. The lowest BCUT2D eigenvalue weighted by Crippen LogP contribution is -2.51. The third-order valence-electron chi connectivity index (χ3n) is 2.56. The summed E-state index contributed by atoms with van der Waals surface area (Å²) < 4.78 is 0. The predicted octanol–water partition coefficient (Wildman–Crippen LogP) is 0.707. The molecule has 6 heteroatoms. The van der Waals surface area contributed by atoms with Gasteiger partial charge in [0.05, 0.1) is 0 Å². The molecular formula is C9H17N3OS2. The normalized spacial score (nSPS) is 27.7. The quantitative estimate of drug-likeness (QED) is 0.743. The number of likely N-dealkylation sites (N-methyl/N-ethyl adjacent to an activating group) is 1. The van der Waals surface area contributed by atoms with Crippen LogP contribution in [0.3, 0.4) is 0 Å². The summed E-state index contributed by atoms with van der Waals surface area (Å²) in [4.78, 5) is 13.8. The first-order valence-corrected chi connectivity index (χ1v) is 7.26. The van der Waals surface area contributed by atoms with Crippen LogP contribution in [0.2, 0.25) is 0 Å². The van der Waals surface area contributed by atoms with Crippen LogP contribution in [0.15, 0.2) is 0 Å². The van der Waals surface area contributed by atoms with E-state index in [1.54, 1.807) is 0 Å². The van der Waals surface area contributed by atoms with E-state index in [1.165, 1.54) is 17.5 Å². The van der Waals surface area contributed by atoms with Crippen LogP contribution in [-0.4, -0.2) is 65.1 Å². The zero-order chi connectivity index (χ0) is 10.7. The summed E-state index contributed by atoms with van der Waals surface area (Å²) in [6.45, 7) is 3.93. The van der Waals surface area contributed by atoms with Crippen molar-refractivity contribution in [3.63, 3.8) is 0 Å². The van der Waals surface area contributed by atoms with Crippen LogP contribution in [0.1, 0.15) is 0 Å². The lowest BCUT2D eigenvalue weighted by atomic mass is 10.4. The lowest BCUT2D eigenvalue weighted by molar-refractivity contribution is 0.119. The Morgan fingerprint density at radius 1 is 1.47 bits per heavy atom. The van der Waals surface area contributed by atoms with Crippen molar-refractivity contribution < 1.29 is 4.79 Å². The monoisotopic (exact) mass is 247 g/mol. The van der Waals surface area contributed by atoms with Gasteiger partial charge < -0.3 is 4.90 Å². The SMILES string of the molecule is CN1CCN(NC(=O)SCC2CS2)CC1. The Balaban J connectivity index is 1.60. The van der Waals surface area contributed by atoms with Crippen LogP contribution in [-0.2, 0) is 0 Å². The van der Waals surface area contributed by atoms with Gasteiger partial charge in [0.2, 0.25) is 0 Å². The first-order valence-electron chi connectivity index (χ1n) is 5.22. The maximum absolute atomic E-state index is 11.5. The Bertz CT molecular complexity index is 227. The van der Waals surface area contributed by atoms with E-state index < -0.39 is 0 Å². The molecule has 2 rings (SSSR count). The molecule has 0 bridgehead atoms. The number of hydrogen-bond donors (Lipinski definition) is 1. The predicted molar refractivity (Wildman–Crippen MR) is 66.3 cm³/mol. The summed E-state index contributed by atoms with van der Waals surface area (Å²) in [5, 5.41) is 2.86. The fourth-order valence-corrected chi connectivity index (χ4v) is 3.05. The average Bonchev–Trinajstić information content (AvgIpc) is 3.02. The standard InChI is InChI=1S/C9H17N3OS2/c1-11-2-4-12(5-3-11)10-9(13)15-7-8-6-14-8/h8H,2-7H2,1H3,(H,10,13). The smallest absolute Gasteiger partial charge is 0.293 e. The Morgan fingerprint density at radius 2 is 2.13 bits per heavy atom. The van der Waals surface area contributed by atoms with E-state index in [2.05, 4.69) is 17.4 Å². The van der Waals surface area contributed by atoms with Crippen molar-refractivity contribution in [1.82, 2.24) is 15.3 Å². The molecule has 2 heterocycles. The van der Waals surface area contributed by atoms with Crippen molar-refractivity contribution in [2.45, 2.75) is 5.25 Å². The molecule has 1 unspecified atom stereocenters. The van der Waals surface area contributed by atoms with Crippen molar-refractivity contribution in [2.24, 2.45) is 0 Å². The molecule has 1 atom stereocenters. The Kier molecular flexibility index (Phi) is 4.19. The van der Waals surface area contributed by atoms with Crippen molar-refractivity contribution in [3.05, 3.63) is 0 Å². The number of hydrazine groups is 1. The molecular weight excluding hydrogens is 230 g/mol. The molecule has 2 saturated heterocycles. The highest BCUT2D eigenvalue weighted by Crippen LogP contribution is 2.32. The maximum Gasteiger partial charge on any atom is 0.293 e. The number of carbonyl (C=O) groups is 1. The van der Waals surface area contributed by atoms with Crippen LogP contribution in [0.5, 0.6) is 0 Å². The minimum Gasteiger partial charge on any atom is -0.304 e. The molecule has 86 valence electrons. The molecule has 2 fully saturated rings. The van der Waals surface area contributed by atoms with Crippen LogP contribution in [0, 0.1) is 0 Å². The van der Waals surface area contributed by atoms with Crippen LogP contribution < -0.4 is 5.43 Å². The summed E-state index contributed by atoms with van der Waals surface area (Å²) in [6, 6.07) is 0. The van der Waals surface area contributed by atoms with Gasteiger partial charge in [-0.25, -0.2) is 5.01 Å². The Labute approximate surface area is 99.1 Å². The number of hydrogen-bond acceptors (Lipinski definition) is 5. The van der Waals surface area contributed by atoms with Crippen molar-refractivity contribution in [1.29, 1.82) is 0 Å². The number of nitrogens with one attached hydrogen (secondary N) is 1. The summed E-state index contributed by atoms with van der Waals surface area (Å²) in [5.74, 6) is 2.19. The number of amides is 1. The van der Waals surface area contributed by atoms with E-state index in [4.69, 9.17) is 0 Å². The number of nitrogens with zero attached hydrogens (tertiary/aromatic N) is 2. The van der Waals surface area contributed by atoms with E-state index >= 15 is 0 Å². The minimum atomic E-state index is 0.104. The molecule has 2 aliphatic rings. The molecule has 0 aromatic heterocycles. The van der Waals surface area contributed by atoms with Gasteiger partial charge in [-0.05, 0) is 7.05 Å². The van der Waals surface area contributed by atoms with Gasteiger partial charge in [-0.3, -0.25) is 10.2 Å². The van der Waals surface area contributed by atoms with Gasteiger partial charge >= 0.3 is 0 Å². The van der Waals surface area contributed by atoms with Gasteiger partial charge in [-0.2, -0.15) is 11.8 Å². The molecule has 0 saturated carbocycles. The first kappa shape index (κ1) is 11.6. The van der Waals surface area contributed by atoms with E-state index in [-0.39, 0.29) is 5.24 Å². The van der Waals surface area contributed by atoms with E-state index in [9.17, 15) is 4.79 Å². The van der Waals surface area contributed by atoms with Crippen LogP contribution in [0.25, 0.3) is 0 Å². The van der Waals surface area contributed by atoms with Gasteiger partial charge in [-0.1, -0.05) is 11.8 Å². The van der Waals surface area contributed by atoms with Gasteiger partial charge in [0.1, 0.15) is 0 Å². The van der Waals surface area contributed by atoms with Gasteiger partial charge in [0.25, 0.3) is 5.24 Å². The van der Waals surface area contributed by atoms with Gasteiger partial charge in [-0.15, -0.1) is 0 Å². The third-order valence-corrected chi connectivity index (χ3v) is 4.66. The first-order chi connectivity index (χ1) is 7.24. The molecule has 15 heavy (non-hydrogen) atoms. The molecule has 0 aromatic rings. The van der Waals surface area contributed by atoms with Gasteiger partial charge in [0, 0.05) is 42.9 Å². The maximum atomic E-state index is 11.5. The lowest BCUT2D eigenvalue weighted by Gasteiger charge is -2.32. The number of thioether (sulfide) groups is 2. The van der Waals surface area contributed by atoms with Crippen LogP contribution in [0.4, 0.5) is 4.79 Å². The highest BCUT2D eigenvalue weighted by molar-refractivity contribution is 8.15. The number of carbonyl (C=O) groups excluding carboxylic acids is 1. The zero-order valence-electron chi connectivity index (χ0n) is 8.94. The summed E-state index contributed by atoms with van der Waals surface area (Å²) in [5.41, 5.74) is 2.94. The number of piperazine rings is 1. The van der Waals surface area contributed by atoms with Crippen molar-refractivity contribution in [2.75, 3.05) is 44.7 Å². The molecule has 0 aliphatic carbocycles. The largest absolute Gasteiger partial charge is 0.304 e. The highest BCUT2D eigenvalue weighted by Gasteiger charge is 2.24. The van der Waals surface area contributed by atoms with Crippen LogP contribution >= 0.6 is 23.5 Å². The number of rotatable bonds is 3. The average molecular weight is 247 g/mol. The topological polar surface area (TPSA) is 35.6 Å². The highest BCUT2D eigenvalue weighted by atomic mass is 32.2. The summed E-state index contributed by atoms with van der Waals surface area (Å²) >= 11 is 3.35. The Hall–Kier alpha value is 0.0900. The van der Waals surface area contributed by atoms with E-state index in [0.717, 1.165) is 37.2 Å². The fraction of sp³-hybridized carbons (Fsp3) is 0.889. The second kappa shape index (κ2) is 5.43. The zero-order valence-corrected chi connectivity index (χ0v) is 10.6. The van der Waals surface area contributed by atoms with Crippen molar-refractivity contribution in [3.8, 4) is 0 Å². The van der Waals surface area contributed by atoms with Gasteiger partial charge in [0.15, 0.2) is 0 Å². The molecule has 1 N–H and O–H groups in total. The second-order valence-corrected chi connectivity index (χ2v) is 6.28.